The van der Waals surface area contributed by atoms with Gasteiger partial charge in [0.05, 0.1) is 36.8 Å². The molecule has 10 nitrogen and oxygen atoms in total. The van der Waals surface area contributed by atoms with Crippen LogP contribution in [0, 0.1) is 11.7 Å². The molecule has 2 aromatic rings. The molecule has 0 aromatic heterocycles. The number of aliphatic hydroxyl groups is 1. The zero-order chi connectivity index (χ0) is 27.5. The van der Waals surface area contributed by atoms with E-state index in [4.69, 9.17) is 4.74 Å². The van der Waals surface area contributed by atoms with Gasteiger partial charge in [0.2, 0.25) is 15.9 Å². The molecule has 0 spiro atoms. The minimum atomic E-state index is -4.03. The maximum atomic E-state index is 13.2. The number of anilines is 1. The average molecular weight is 558 g/mol. The Morgan fingerprint density at radius 3 is 2.43 bits per heavy atom. The monoisotopic (exact) mass is 557 g/mol. The molecule has 0 fully saturated rings. The summed E-state index contributed by atoms with van der Waals surface area (Å²) in [4.78, 5) is 14.6. The number of ether oxygens (including phenoxy) is 1. The van der Waals surface area contributed by atoms with Crippen LogP contribution in [0.25, 0.3) is 0 Å². The van der Waals surface area contributed by atoms with E-state index in [1.54, 1.807) is 6.92 Å². The van der Waals surface area contributed by atoms with E-state index in [1.165, 1.54) is 34.5 Å². The molecule has 0 saturated heterocycles. The predicted octanol–water partition coefficient (Wildman–Crippen LogP) is 1.67. The fourth-order valence-electron chi connectivity index (χ4n) is 3.93. The second-order valence-corrected chi connectivity index (χ2v) is 13.1. The zero-order valence-corrected chi connectivity index (χ0v) is 22.7. The highest BCUT2D eigenvalue weighted by molar-refractivity contribution is 7.92. The van der Waals surface area contributed by atoms with Gasteiger partial charge in [-0.05, 0) is 49.4 Å². The highest BCUT2D eigenvalue weighted by Crippen LogP contribution is 2.30. The summed E-state index contributed by atoms with van der Waals surface area (Å²) in [6, 6.07) is 8.33. The van der Waals surface area contributed by atoms with Crippen LogP contribution in [0.3, 0.4) is 0 Å². The summed E-state index contributed by atoms with van der Waals surface area (Å²) in [5, 5.41) is 9.72. The van der Waals surface area contributed by atoms with Gasteiger partial charge in [0.15, 0.2) is 0 Å². The van der Waals surface area contributed by atoms with E-state index in [-0.39, 0.29) is 48.5 Å². The van der Waals surface area contributed by atoms with Crippen molar-refractivity contribution in [1.29, 1.82) is 0 Å². The summed E-state index contributed by atoms with van der Waals surface area (Å²) in [5.41, 5.74) is 0.555. The van der Waals surface area contributed by atoms with E-state index in [2.05, 4.69) is 4.72 Å². The van der Waals surface area contributed by atoms with Crippen LogP contribution in [0.5, 0.6) is 5.75 Å². The van der Waals surface area contributed by atoms with Crippen LogP contribution in [-0.4, -0.2) is 82.2 Å². The lowest BCUT2D eigenvalue weighted by Crippen LogP contribution is -2.48. The lowest BCUT2D eigenvalue weighted by Gasteiger charge is -2.33. The van der Waals surface area contributed by atoms with Gasteiger partial charge in [-0.2, -0.15) is 0 Å². The molecule has 1 aliphatic rings. The minimum Gasteiger partial charge on any atom is -0.488 e. The van der Waals surface area contributed by atoms with E-state index >= 15 is 0 Å². The maximum absolute atomic E-state index is 13.2. The number of hydrogen-bond acceptors (Lipinski definition) is 7. The van der Waals surface area contributed by atoms with E-state index in [1.807, 2.05) is 6.92 Å². The fourth-order valence-corrected chi connectivity index (χ4v) is 5.39. The Labute approximate surface area is 217 Å². The van der Waals surface area contributed by atoms with Crippen LogP contribution in [0.15, 0.2) is 47.4 Å². The first-order valence-corrected chi connectivity index (χ1v) is 14.9. The average Bonchev–Trinajstić information content (AvgIpc) is 2.86. The number of halogens is 1. The van der Waals surface area contributed by atoms with Crippen molar-refractivity contribution < 1.29 is 35.9 Å². The van der Waals surface area contributed by atoms with Gasteiger partial charge in [0.1, 0.15) is 17.7 Å². The van der Waals surface area contributed by atoms with Crippen LogP contribution >= 0.6 is 0 Å². The molecule has 1 heterocycles. The first-order valence-electron chi connectivity index (χ1n) is 11.6. The predicted molar refractivity (Wildman–Crippen MR) is 137 cm³/mol. The van der Waals surface area contributed by atoms with Gasteiger partial charge in [-0.15, -0.1) is 0 Å². The molecule has 204 valence electrons. The van der Waals surface area contributed by atoms with Crippen molar-refractivity contribution in [2.75, 3.05) is 37.7 Å². The first-order chi connectivity index (χ1) is 17.2. The molecule has 0 unspecified atom stereocenters. The molecule has 2 aromatic carbocycles. The number of rotatable bonds is 8. The van der Waals surface area contributed by atoms with Crippen molar-refractivity contribution in [3.05, 3.63) is 53.8 Å². The number of likely N-dealkylation sites (N-methyl/N-ethyl adjacent to an activating group) is 1. The molecule has 3 atom stereocenters. The van der Waals surface area contributed by atoms with Gasteiger partial charge in [0, 0.05) is 30.8 Å². The van der Waals surface area contributed by atoms with Crippen LogP contribution in [0.4, 0.5) is 10.1 Å². The van der Waals surface area contributed by atoms with E-state index in [0.717, 1.165) is 30.5 Å². The van der Waals surface area contributed by atoms with E-state index in [0.29, 0.717) is 11.3 Å². The first kappa shape index (κ1) is 28.8. The Balaban J connectivity index is 1.99. The lowest BCUT2D eigenvalue weighted by molar-refractivity contribution is -0.134. The number of fused-ring (bicyclic) bond motifs is 1. The fraction of sp³-hybridized carbons (Fsp3) is 0.458. The molecule has 1 amide bonds. The zero-order valence-electron chi connectivity index (χ0n) is 21.1. The summed E-state index contributed by atoms with van der Waals surface area (Å²) in [7, 11) is -6.10. The summed E-state index contributed by atoms with van der Waals surface area (Å²) in [5.74, 6) is -0.854. The molecular formula is C24H32FN3O7S2. The minimum absolute atomic E-state index is 0.0217. The second kappa shape index (κ2) is 11.3. The number of sulfonamides is 2. The van der Waals surface area contributed by atoms with Crippen LogP contribution < -0.4 is 9.46 Å². The Kier molecular flexibility index (Phi) is 8.83. The highest BCUT2D eigenvalue weighted by atomic mass is 32.2. The molecule has 3 rings (SSSR count). The summed E-state index contributed by atoms with van der Waals surface area (Å²) in [6.07, 6.45) is 0.316. The molecule has 2 N–H and O–H groups in total. The maximum Gasteiger partial charge on any atom is 0.261 e. The Morgan fingerprint density at radius 2 is 1.84 bits per heavy atom. The van der Waals surface area contributed by atoms with Crippen molar-refractivity contribution in [3.63, 3.8) is 0 Å². The van der Waals surface area contributed by atoms with Gasteiger partial charge in [-0.25, -0.2) is 25.5 Å². The third kappa shape index (κ3) is 7.18. The van der Waals surface area contributed by atoms with Crippen LogP contribution in [-0.2, 0) is 31.3 Å². The SMILES string of the molecule is C[C@H]1CN([C@@H](C)CO)C(=O)Cc2cc(NS(=O)(=O)c3ccc(F)cc3)ccc2O[C@@H]1CN(C)S(C)(=O)=O. The summed E-state index contributed by atoms with van der Waals surface area (Å²) >= 11 is 0. The quantitative estimate of drug-likeness (QED) is 0.504. The van der Waals surface area contributed by atoms with Gasteiger partial charge in [0.25, 0.3) is 10.0 Å². The van der Waals surface area contributed by atoms with Crippen molar-refractivity contribution in [2.24, 2.45) is 5.92 Å². The summed E-state index contributed by atoms with van der Waals surface area (Å²) < 4.78 is 72.7. The number of benzene rings is 2. The third-order valence-corrected chi connectivity index (χ3v) is 8.97. The molecule has 0 aliphatic carbocycles. The van der Waals surface area contributed by atoms with Crippen molar-refractivity contribution in [2.45, 2.75) is 37.3 Å². The molecule has 13 heteroatoms. The van der Waals surface area contributed by atoms with E-state index in [9.17, 15) is 31.1 Å². The second-order valence-electron chi connectivity index (χ2n) is 9.31. The van der Waals surface area contributed by atoms with Crippen molar-refractivity contribution in [3.8, 4) is 5.75 Å². The van der Waals surface area contributed by atoms with Crippen molar-refractivity contribution >= 4 is 31.6 Å². The molecule has 37 heavy (non-hydrogen) atoms. The molecule has 0 bridgehead atoms. The number of nitrogens with zero attached hydrogens (tertiary/aromatic N) is 2. The van der Waals surface area contributed by atoms with Crippen LogP contribution in [0.2, 0.25) is 0 Å². The van der Waals surface area contributed by atoms with Gasteiger partial charge in [-0.1, -0.05) is 6.92 Å². The molecule has 1 aliphatic heterocycles. The Morgan fingerprint density at radius 1 is 1.19 bits per heavy atom. The molecular weight excluding hydrogens is 525 g/mol. The number of carbonyl (C=O) groups excluding carboxylic acids is 1. The summed E-state index contributed by atoms with van der Waals surface area (Å²) in [6.45, 7) is 3.52. The topological polar surface area (TPSA) is 133 Å². The van der Waals surface area contributed by atoms with Gasteiger partial charge in [-0.3, -0.25) is 9.52 Å². The standard InChI is InChI=1S/C24H32FN3O7S2/c1-16-13-28(17(2)15-29)24(30)12-18-11-20(26-37(33,34)21-8-5-19(25)6-9-21)7-10-22(18)35-23(16)14-27(3)36(4,31)32/h5-11,16-17,23,26,29H,12-15H2,1-4H3/t16-,17-,23+/m0/s1. The van der Waals surface area contributed by atoms with Gasteiger partial charge < -0.3 is 14.7 Å². The largest absolute Gasteiger partial charge is 0.488 e. The third-order valence-electron chi connectivity index (χ3n) is 6.30. The highest BCUT2D eigenvalue weighted by Gasteiger charge is 2.32. The number of nitrogens with one attached hydrogen (secondary N) is 1. The smallest absolute Gasteiger partial charge is 0.261 e. The van der Waals surface area contributed by atoms with Crippen molar-refractivity contribution in [1.82, 2.24) is 9.21 Å². The van der Waals surface area contributed by atoms with E-state index < -0.39 is 38.0 Å². The molecule has 0 radical (unpaired) electrons. The Bertz CT molecular complexity index is 1330. The van der Waals surface area contributed by atoms with Gasteiger partial charge >= 0.3 is 0 Å². The lowest BCUT2D eigenvalue weighted by atomic mass is 10.0. The number of hydrogen-bond donors (Lipinski definition) is 2. The Hall–Kier alpha value is -2.74. The number of amides is 1. The molecule has 0 saturated carbocycles. The normalized spacial score (nSPS) is 19.9. The number of carbonyl (C=O) groups is 1. The van der Waals surface area contributed by atoms with Crippen LogP contribution in [0.1, 0.15) is 19.4 Å². The number of aliphatic hydroxyl groups excluding tert-OH is 1.